The van der Waals surface area contributed by atoms with Crippen molar-refractivity contribution in [2.24, 2.45) is 0 Å². The minimum absolute atomic E-state index is 0.0449. The van der Waals surface area contributed by atoms with Gasteiger partial charge in [-0.05, 0) is 6.42 Å². The molecule has 2 fully saturated rings. The third-order valence-corrected chi connectivity index (χ3v) is 5.10. The van der Waals surface area contributed by atoms with Crippen LogP contribution in [0.15, 0.2) is 0 Å². The molecule has 2 aliphatic heterocycles. The summed E-state index contributed by atoms with van der Waals surface area (Å²) in [7, 11) is -1.44. The number of nitrogens with zero attached hydrogens (tertiary/aromatic N) is 1. The van der Waals surface area contributed by atoms with E-state index in [9.17, 15) is 13.2 Å². The largest absolute Gasteiger partial charge is 0.375 e. The summed E-state index contributed by atoms with van der Waals surface area (Å²) in [5, 5.41) is -0.326. The monoisotopic (exact) mass is 219 g/mol. The molecule has 0 aromatic heterocycles. The first kappa shape index (κ1) is 9.92. The van der Waals surface area contributed by atoms with Gasteiger partial charge in [0.1, 0.15) is 6.61 Å². The van der Waals surface area contributed by atoms with Crippen molar-refractivity contribution in [3.05, 3.63) is 0 Å². The second-order valence-electron chi connectivity index (χ2n) is 3.82. The van der Waals surface area contributed by atoms with Crippen molar-refractivity contribution in [2.75, 3.05) is 26.0 Å². The molecule has 80 valence electrons. The van der Waals surface area contributed by atoms with Gasteiger partial charge in [-0.3, -0.25) is 4.79 Å². The van der Waals surface area contributed by atoms with Crippen LogP contribution in [0.1, 0.15) is 6.42 Å². The normalized spacial score (nSPS) is 33.6. The van der Waals surface area contributed by atoms with Gasteiger partial charge in [-0.1, -0.05) is 0 Å². The van der Waals surface area contributed by atoms with Crippen LogP contribution in [0.2, 0.25) is 0 Å². The molecule has 0 aromatic carbocycles. The van der Waals surface area contributed by atoms with Gasteiger partial charge in [0, 0.05) is 19.7 Å². The quantitative estimate of drug-likeness (QED) is 0.599. The Balaban J connectivity index is 2.07. The maximum Gasteiger partial charge on any atom is 0.248 e. The van der Waals surface area contributed by atoms with Crippen molar-refractivity contribution in [3.8, 4) is 0 Å². The second-order valence-corrected chi connectivity index (χ2v) is 6.15. The first-order chi connectivity index (χ1) is 6.54. The molecule has 1 amide bonds. The van der Waals surface area contributed by atoms with Gasteiger partial charge in [-0.2, -0.15) is 0 Å². The highest BCUT2D eigenvalue weighted by molar-refractivity contribution is 7.92. The molecule has 2 saturated heterocycles. The van der Waals surface area contributed by atoms with Gasteiger partial charge in [0.15, 0.2) is 9.84 Å². The summed E-state index contributed by atoms with van der Waals surface area (Å²) < 4.78 is 27.5. The number of likely N-dealkylation sites (tertiary alicyclic amines) is 1. The van der Waals surface area contributed by atoms with E-state index in [1.54, 1.807) is 4.90 Å². The van der Waals surface area contributed by atoms with E-state index in [0.29, 0.717) is 13.0 Å². The van der Waals surface area contributed by atoms with Crippen molar-refractivity contribution in [1.82, 2.24) is 4.90 Å². The van der Waals surface area contributed by atoms with E-state index in [1.807, 2.05) is 0 Å². The number of rotatable bonds is 2. The Bertz CT molecular complexity index is 350. The maximum absolute atomic E-state index is 11.5. The molecule has 0 aliphatic carbocycles. The SMILES string of the molecule is COCC(=O)N1CC2CC1CS2(=O)=O. The van der Waals surface area contributed by atoms with Crippen LogP contribution >= 0.6 is 0 Å². The third-order valence-electron chi connectivity index (χ3n) is 2.90. The fraction of sp³-hybridized carbons (Fsp3) is 0.875. The molecule has 2 aliphatic rings. The fourth-order valence-corrected chi connectivity index (χ4v) is 4.24. The highest BCUT2D eigenvalue weighted by Crippen LogP contribution is 2.32. The summed E-state index contributed by atoms with van der Waals surface area (Å²) in [4.78, 5) is 13.1. The Morgan fingerprint density at radius 2 is 2.29 bits per heavy atom. The average Bonchev–Trinajstić information content (AvgIpc) is 2.59. The van der Waals surface area contributed by atoms with Crippen LogP contribution in [0.4, 0.5) is 0 Å². The van der Waals surface area contributed by atoms with Crippen LogP contribution in [-0.4, -0.2) is 56.5 Å². The summed E-state index contributed by atoms with van der Waals surface area (Å²) in [6.45, 7) is 0.401. The molecule has 2 unspecified atom stereocenters. The topological polar surface area (TPSA) is 63.7 Å². The predicted molar refractivity (Wildman–Crippen MR) is 49.6 cm³/mol. The number of ether oxygens (including phenoxy) is 1. The third kappa shape index (κ3) is 1.42. The van der Waals surface area contributed by atoms with Crippen molar-refractivity contribution in [3.63, 3.8) is 0 Å². The average molecular weight is 219 g/mol. The van der Waals surface area contributed by atoms with Gasteiger partial charge in [0.05, 0.1) is 11.0 Å². The minimum Gasteiger partial charge on any atom is -0.375 e. The number of fused-ring (bicyclic) bond motifs is 2. The Kier molecular flexibility index (Phi) is 2.27. The summed E-state index contributed by atoms with van der Waals surface area (Å²) in [5.41, 5.74) is 0. The lowest BCUT2D eigenvalue weighted by molar-refractivity contribution is -0.135. The molecular weight excluding hydrogens is 206 g/mol. The van der Waals surface area contributed by atoms with Gasteiger partial charge in [-0.25, -0.2) is 8.42 Å². The lowest BCUT2D eigenvalue weighted by atomic mass is 10.2. The Hall–Kier alpha value is -0.620. The smallest absolute Gasteiger partial charge is 0.248 e. The van der Waals surface area contributed by atoms with Crippen molar-refractivity contribution >= 4 is 15.7 Å². The molecule has 0 N–H and O–H groups in total. The molecule has 0 aromatic rings. The molecule has 2 heterocycles. The standard InChI is InChI=1S/C8H13NO4S/c1-13-4-8(10)9-3-7-2-6(9)5-14(7,11)12/h6-7H,2-5H2,1H3. The fourth-order valence-electron chi connectivity index (χ4n) is 2.21. The number of carbonyl (C=O) groups is 1. The lowest BCUT2D eigenvalue weighted by Gasteiger charge is -2.26. The molecule has 2 bridgehead atoms. The number of sulfone groups is 1. The highest BCUT2D eigenvalue weighted by Gasteiger charge is 2.49. The van der Waals surface area contributed by atoms with E-state index in [1.165, 1.54) is 7.11 Å². The van der Waals surface area contributed by atoms with E-state index < -0.39 is 9.84 Å². The summed E-state index contributed by atoms with van der Waals surface area (Å²) >= 11 is 0. The lowest BCUT2D eigenvalue weighted by Crippen LogP contribution is -2.45. The van der Waals surface area contributed by atoms with E-state index >= 15 is 0 Å². The molecule has 0 spiro atoms. The molecule has 0 radical (unpaired) electrons. The van der Waals surface area contributed by atoms with Gasteiger partial charge in [0.2, 0.25) is 5.91 Å². The Morgan fingerprint density at radius 3 is 2.71 bits per heavy atom. The van der Waals surface area contributed by atoms with Crippen LogP contribution in [0.25, 0.3) is 0 Å². The second kappa shape index (κ2) is 3.20. The molecule has 2 atom stereocenters. The number of amides is 1. The molecular formula is C8H13NO4S. The van der Waals surface area contributed by atoms with Gasteiger partial charge in [0.25, 0.3) is 0 Å². The van der Waals surface area contributed by atoms with Gasteiger partial charge < -0.3 is 9.64 Å². The molecule has 2 rings (SSSR count). The highest BCUT2D eigenvalue weighted by atomic mass is 32.2. The summed E-state index contributed by atoms with van der Waals surface area (Å²) in [5.74, 6) is 0.0301. The van der Waals surface area contributed by atoms with Crippen LogP contribution < -0.4 is 0 Å². The van der Waals surface area contributed by atoms with Gasteiger partial charge in [-0.15, -0.1) is 0 Å². The molecule has 5 nitrogen and oxygen atoms in total. The molecule has 6 heteroatoms. The van der Waals surface area contributed by atoms with Crippen LogP contribution in [0.3, 0.4) is 0 Å². The Morgan fingerprint density at radius 1 is 1.57 bits per heavy atom. The van der Waals surface area contributed by atoms with E-state index in [-0.39, 0.29) is 29.6 Å². The number of hydrogen-bond acceptors (Lipinski definition) is 4. The van der Waals surface area contributed by atoms with E-state index in [4.69, 9.17) is 4.74 Å². The maximum atomic E-state index is 11.5. The van der Waals surface area contributed by atoms with E-state index in [2.05, 4.69) is 0 Å². The minimum atomic E-state index is -2.90. The predicted octanol–water partition coefficient (Wildman–Crippen LogP) is -0.969. The first-order valence-electron chi connectivity index (χ1n) is 4.54. The number of methoxy groups -OCH3 is 1. The molecule has 14 heavy (non-hydrogen) atoms. The summed E-state index contributed by atoms with van der Waals surface area (Å²) in [6, 6.07) is -0.104. The van der Waals surface area contributed by atoms with Crippen molar-refractivity contribution in [1.29, 1.82) is 0 Å². The van der Waals surface area contributed by atoms with Crippen LogP contribution in [0.5, 0.6) is 0 Å². The number of carbonyl (C=O) groups excluding carboxylic acids is 1. The van der Waals surface area contributed by atoms with Crippen molar-refractivity contribution in [2.45, 2.75) is 17.7 Å². The van der Waals surface area contributed by atoms with Gasteiger partial charge >= 0.3 is 0 Å². The van der Waals surface area contributed by atoms with Crippen LogP contribution in [-0.2, 0) is 19.4 Å². The Labute approximate surface area is 82.9 Å². The molecule has 0 saturated carbocycles. The first-order valence-corrected chi connectivity index (χ1v) is 6.26. The number of hydrogen-bond donors (Lipinski definition) is 0. The zero-order valence-corrected chi connectivity index (χ0v) is 8.79. The van der Waals surface area contributed by atoms with Crippen LogP contribution in [0, 0.1) is 0 Å². The zero-order valence-electron chi connectivity index (χ0n) is 7.97. The van der Waals surface area contributed by atoms with Crippen molar-refractivity contribution < 1.29 is 17.9 Å². The zero-order chi connectivity index (χ0) is 10.3. The summed E-state index contributed by atoms with van der Waals surface area (Å²) in [6.07, 6.45) is 0.609. The van der Waals surface area contributed by atoms with E-state index in [0.717, 1.165) is 0 Å².